The number of hydrogen-bond acceptors (Lipinski definition) is 8. The van der Waals surface area contributed by atoms with Crippen LogP contribution in [0.15, 0.2) is 115 Å². The number of aliphatic hydroxyl groups is 1. The minimum atomic E-state index is -1.17. The van der Waals surface area contributed by atoms with E-state index in [0.29, 0.717) is 76.7 Å². The molecule has 12 nitrogen and oxygen atoms in total. The zero-order valence-electron chi connectivity index (χ0n) is 28.3. The van der Waals surface area contributed by atoms with Crippen LogP contribution in [-0.2, 0) is 11.3 Å². The maximum atomic E-state index is 14.2. The Hall–Kier alpha value is -5.66. The van der Waals surface area contributed by atoms with E-state index in [1.54, 1.807) is 29.3 Å². The van der Waals surface area contributed by atoms with Gasteiger partial charge in [0.1, 0.15) is 16.2 Å². The van der Waals surface area contributed by atoms with Gasteiger partial charge in [-0.3, -0.25) is 19.0 Å². The van der Waals surface area contributed by atoms with Crippen molar-refractivity contribution in [2.45, 2.75) is 37.3 Å². The summed E-state index contributed by atoms with van der Waals surface area (Å²) in [4.78, 5) is 54.5. The quantitative estimate of drug-likeness (QED) is 0.193. The standard InChI is InChI=1S/C39H37N7O5S/c47-36(42-20-15-39(50,16-21-42)25-44-26-41-34-31(37(44)48)14-19-46(34)29-11-5-2-6-12-29)30-13-18-43(24-32(30)27-8-3-1-4-9-27)38(49)33-22-40-35(52-33)28-10-7-17-45(51)23-28/h1-12,14,17,19,22-23,26,30,32,50H,13,15-16,18,20-21,24-25H2/t30-,32+/m1/s1. The molecule has 6 heterocycles. The minimum Gasteiger partial charge on any atom is -0.619 e. The summed E-state index contributed by atoms with van der Waals surface area (Å²) in [6, 6.07) is 24.7. The second-order valence-electron chi connectivity index (χ2n) is 13.6. The van der Waals surface area contributed by atoms with Crippen LogP contribution in [0.4, 0.5) is 0 Å². The number of amides is 2. The van der Waals surface area contributed by atoms with Crippen LogP contribution in [-0.4, -0.2) is 77.6 Å². The van der Waals surface area contributed by atoms with Crippen molar-refractivity contribution in [1.29, 1.82) is 0 Å². The van der Waals surface area contributed by atoms with Gasteiger partial charge in [0.15, 0.2) is 18.0 Å². The van der Waals surface area contributed by atoms with Crippen molar-refractivity contribution in [3.05, 3.63) is 136 Å². The van der Waals surface area contributed by atoms with Crippen LogP contribution in [0.1, 0.15) is 40.4 Å². The first-order chi connectivity index (χ1) is 25.3. The van der Waals surface area contributed by atoms with Gasteiger partial charge in [-0.05, 0) is 49.1 Å². The number of carbonyl (C=O) groups excluding carboxylic acids is 2. The first-order valence-electron chi connectivity index (χ1n) is 17.4. The van der Waals surface area contributed by atoms with Crippen LogP contribution in [0.5, 0.6) is 0 Å². The Kier molecular flexibility index (Phi) is 8.89. The fraction of sp³-hybridized carbons (Fsp3) is 0.282. The lowest BCUT2D eigenvalue weighted by Gasteiger charge is -2.43. The van der Waals surface area contributed by atoms with E-state index < -0.39 is 5.60 Å². The molecule has 2 aromatic carbocycles. The van der Waals surface area contributed by atoms with Crippen LogP contribution in [0.2, 0.25) is 0 Å². The van der Waals surface area contributed by atoms with E-state index in [0.717, 1.165) is 11.3 Å². The molecule has 2 aliphatic rings. The predicted octanol–water partition coefficient (Wildman–Crippen LogP) is 4.24. The maximum Gasteiger partial charge on any atom is 0.265 e. The highest BCUT2D eigenvalue weighted by Gasteiger charge is 2.42. The third-order valence-corrected chi connectivity index (χ3v) is 11.4. The number of para-hydroxylation sites is 1. The Labute approximate surface area is 303 Å². The molecular formula is C39H37N7O5S. The lowest BCUT2D eigenvalue weighted by Crippen LogP contribution is -2.53. The Morgan fingerprint density at radius 3 is 2.44 bits per heavy atom. The number of piperidine rings is 2. The van der Waals surface area contributed by atoms with Gasteiger partial charge in [0.05, 0.1) is 29.3 Å². The fourth-order valence-corrected chi connectivity index (χ4v) is 8.40. The third kappa shape index (κ3) is 6.48. The van der Waals surface area contributed by atoms with E-state index in [2.05, 4.69) is 9.97 Å². The molecule has 2 aliphatic heterocycles. The molecule has 0 saturated carbocycles. The predicted molar refractivity (Wildman–Crippen MR) is 196 cm³/mol. The molecule has 0 aliphatic carbocycles. The minimum absolute atomic E-state index is 0.0144. The fourth-order valence-electron chi connectivity index (χ4n) is 7.53. The molecular weight excluding hydrogens is 679 g/mol. The summed E-state index contributed by atoms with van der Waals surface area (Å²) in [5.41, 5.74) is 1.70. The molecule has 0 bridgehead atoms. The molecule has 2 amide bonds. The van der Waals surface area contributed by atoms with Gasteiger partial charge in [0.25, 0.3) is 11.5 Å². The van der Waals surface area contributed by atoms with E-state index >= 15 is 0 Å². The van der Waals surface area contributed by atoms with E-state index in [4.69, 9.17) is 0 Å². The Bertz CT molecular complexity index is 2300. The lowest BCUT2D eigenvalue weighted by molar-refractivity contribution is -0.604. The van der Waals surface area contributed by atoms with Crippen LogP contribution >= 0.6 is 11.3 Å². The topological polar surface area (TPSA) is 140 Å². The molecule has 8 rings (SSSR count). The molecule has 264 valence electrons. The van der Waals surface area contributed by atoms with Gasteiger partial charge in [-0.25, -0.2) is 9.97 Å². The number of carbonyl (C=O) groups is 2. The van der Waals surface area contributed by atoms with Crippen LogP contribution < -0.4 is 10.3 Å². The number of aromatic nitrogens is 5. The first-order valence-corrected chi connectivity index (χ1v) is 18.2. The average Bonchev–Trinajstić information content (AvgIpc) is 3.85. The number of fused-ring (bicyclic) bond motifs is 1. The first kappa shape index (κ1) is 33.5. The molecule has 0 unspecified atom stereocenters. The molecule has 2 saturated heterocycles. The van der Waals surface area contributed by atoms with Crippen molar-refractivity contribution in [2.75, 3.05) is 26.2 Å². The van der Waals surface area contributed by atoms with Crippen molar-refractivity contribution in [3.8, 4) is 16.3 Å². The zero-order chi connectivity index (χ0) is 35.8. The second kappa shape index (κ2) is 13.8. The average molecular weight is 716 g/mol. The summed E-state index contributed by atoms with van der Waals surface area (Å²) in [5, 5.41) is 24.5. The van der Waals surface area contributed by atoms with Crippen molar-refractivity contribution in [1.82, 2.24) is 28.9 Å². The van der Waals surface area contributed by atoms with Crippen LogP contribution in [0.25, 0.3) is 27.3 Å². The number of nitrogens with zero attached hydrogens (tertiary/aromatic N) is 7. The van der Waals surface area contributed by atoms with Gasteiger partial charge >= 0.3 is 0 Å². The van der Waals surface area contributed by atoms with Crippen molar-refractivity contribution in [3.63, 3.8) is 0 Å². The third-order valence-electron chi connectivity index (χ3n) is 10.4. The SMILES string of the molecule is O=C(c1cnc(-c2ccc[n+]([O-])c2)s1)N1CC[C@@H](C(=O)N2CCC(O)(Cn3cnc4c(ccn4-c4ccccc4)c3=O)CC2)[C@H](c2ccccc2)C1. The van der Waals surface area contributed by atoms with Crippen LogP contribution in [0.3, 0.4) is 0 Å². The van der Waals surface area contributed by atoms with Gasteiger partial charge in [0, 0.05) is 56.0 Å². The highest BCUT2D eigenvalue weighted by atomic mass is 32.1. The second-order valence-corrected chi connectivity index (χ2v) is 14.7. The summed E-state index contributed by atoms with van der Waals surface area (Å²) >= 11 is 1.25. The van der Waals surface area contributed by atoms with Gasteiger partial charge in [0.2, 0.25) is 5.91 Å². The number of pyridine rings is 1. The highest BCUT2D eigenvalue weighted by molar-refractivity contribution is 7.16. The Morgan fingerprint density at radius 2 is 1.69 bits per heavy atom. The lowest BCUT2D eigenvalue weighted by atomic mass is 9.79. The van der Waals surface area contributed by atoms with Gasteiger partial charge in [-0.1, -0.05) is 48.5 Å². The number of likely N-dealkylation sites (tertiary alicyclic amines) is 2. The van der Waals surface area contributed by atoms with Gasteiger partial charge < -0.3 is 24.7 Å². The molecule has 1 N–H and O–H groups in total. The summed E-state index contributed by atoms with van der Waals surface area (Å²) in [5.74, 6) is -0.688. The number of thiazole rings is 1. The molecule has 0 spiro atoms. The molecule has 2 atom stereocenters. The maximum absolute atomic E-state index is 14.2. The van der Waals surface area contributed by atoms with Crippen molar-refractivity contribution < 1.29 is 19.4 Å². The molecule has 13 heteroatoms. The van der Waals surface area contributed by atoms with Crippen molar-refractivity contribution in [2.24, 2.45) is 5.92 Å². The van der Waals surface area contributed by atoms with E-state index in [1.807, 2.05) is 76.3 Å². The summed E-state index contributed by atoms with van der Waals surface area (Å²) in [6.07, 6.45) is 8.84. The van der Waals surface area contributed by atoms with E-state index in [1.165, 1.54) is 34.6 Å². The van der Waals surface area contributed by atoms with Crippen molar-refractivity contribution >= 4 is 34.2 Å². The summed E-state index contributed by atoms with van der Waals surface area (Å²) in [7, 11) is 0. The monoisotopic (exact) mass is 715 g/mol. The molecule has 0 radical (unpaired) electrons. The molecule has 4 aromatic heterocycles. The van der Waals surface area contributed by atoms with E-state index in [-0.39, 0.29) is 35.8 Å². The largest absolute Gasteiger partial charge is 0.619 e. The number of benzene rings is 2. The van der Waals surface area contributed by atoms with Crippen LogP contribution in [0, 0.1) is 11.1 Å². The number of hydrogen-bond donors (Lipinski definition) is 1. The van der Waals surface area contributed by atoms with Gasteiger partial charge in [-0.15, -0.1) is 11.3 Å². The van der Waals surface area contributed by atoms with Gasteiger partial charge in [-0.2, -0.15) is 4.73 Å². The summed E-state index contributed by atoms with van der Waals surface area (Å²) in [6.45, 7) is 1.59. The molecule has 6 aromatic rings. The molecule has 2 fully saturated rings. The Morgan fingerprint density at radius 1 is 0.942 bits per heavy atom. The zero-order valence-corrected chi connectivity index (χ0v) is 29.1. The molecule has 52 heavy (non-hydrogen) atoms. The van der Waals surface area contributed by atoms with E-state index in [9.17, 15) is 24.7 Å². The summed E-state index contributed by atoms with van der Waals surface area (Å²) < 4.78 is 4.05. The number of rotatable bonds is 7. The normalized spacial score (nSPS) is 18.8. The Balaban J connectivity index is 0.946. The smallest absolute Gasteiger partial charge is 0.265 e. The highest BCUT2D eigenvalue weighted by Crippen LogP contribution is 2.37.